The van der Waals surface area contributed by atoms with E-state index in [-0.39, 0.29) is 11.5 Å². The minimum Gasteiger partial charge on any atom is -0.462 e. The van der Waals surface area contributed by atoms with Crippen molar-refractivity contribution in [3.8, 4) is 11.8 Å². The molecule has 0 unspecified atom stereocenters. The summed E-state index contributed by atoms with van der Waals surface area (Å²) >= 11 is 0. The molecule has 0 N–H and O–H groups in total. The minimum atomic E-state index is -0.356. The van der Waals surface area contributed by atoms with E-state index < -0.39 is 0 Å². The number of aryl methyl sites for hydroxylation is 2. The Labute approximate surface area is 208 Å². The number of imidazole rings is 1. The molecule has 4 heterocycles. The van der Waals surface area contributed by atoms with Crippen LogP contribution in [0.15, 0.2) is 52.8 Å². The number of fused-ring (bicyclic) bond motifs is 3. The van der Waals surface area contributed by atoms with Gasteiger partial charge in [-0.05, 0) is 38.0 Å². The van der Waals surface area contributed by atoms with E-state index in [9.17, 15) is 9.59 Å². The molecule has 1 aliphatic rings. The zero-order valence-electron chi connectivity index (χ0n) is 20.5. The molecule has 0 saturated heterocycles. The molecule has 9 nitrogen and oxygen atoms in total. The summed E-state index contributed by atoms with van der Waals surface area (Å²) in [6, 6.07) is 5.36. The van der Waals surface area contributed by atoms with Crippen molar-refractivity contribution in [1.82, 2.24) is 23.7 Å². The van der Waals surface area contributed by atoms with Gasteiger partial charge in [0.15, 0.2) is 0 Å². The van der Waals surface area contributed by atoms with Gasteiger partial charge in [-0.3, -0.25) is 18.4 Å². The van der Waals surface area contributed by atoms with Gasteiger partial charge in [0.25, 0.3) is 5.56 Å². The Morgan fingerprint density at radius 2 is 2.11 bits per heavy atom. The number of hydrogen-bond acceptors (Lipinski definition) is 6. The van der Waals surface area contributed by atoms with Crippen molar-refractivity contribution in [1.29, 1.82) is 0 Å². The lowest BCUT2D eigenvalue weighted by Gasteiger charge is -2.09. The van der Waals surface area contributed by atoms with Crippen LogP contribution in [0.25, 0.3) is 5.78 Å². The summed E-state index contributed by atoms with van der Waals surface area (Å²) in [5, 5.41) is 4.43. The van der Waals surface area contributed by atoms with E-state index in [4.69, 9.17) is 9.73 Å². The summed E-state index contributed by atoms with van der Waals surface area (Å²) in [6.07, 6.45) is 8.45. The highest BCUT2D eigenvalue weighted by molar-refractivity contribution is 6.05. The molecule has 0 spiro atoms. The van der Waals surface area contributed by atoms with Crippen LogP contribution in [0.2, 0.25) is 0 Å². The van der Waals surface area contributed by atoms with Crippen molar-refractivity contribution >= 4 is 23.3 Å². The maximum absolute atomic E-state index is 13.1. The molecule has 0 atom stereocenters. The third-order valence-electron chi connectivity index (χ3n) is 6.08. The number of nitrogens with zero attached hydrogens (tertiary/aromatic N) is 6. The molecule has 0 amide bonds. The summed E-state index contributed by atoms with van der Waals surface area (Å²) in [5.74, 6) is 7.15. The topological polar surface area (TPSA) is 95.8 Å². The van der Waals surface area contributed by atoms with E-state index in [1.807, 2.05) is 36.7 Å². The molecule has 0 aliphatic carbocycles. The van der Waals surface area contributed by atoms with Gasteiger partial charge in [0.1, 0.15) is 12.4 Å². The lowest BCUT2D eigenvalue weighted by molar-refractivity contribution is 0.0526. The number of ether oxygens (including phenoxy) is 1. The van der Waals surface area contributed by atoms with E-state index in [0.29, 0.717) is 48.8 Å². The van der Waals surface area contributed by atoms with Crippen LogP contribution in [-0.2, 0) is 24.2 Å². The second-order valence-corrected chi connectivity index (χ2v) is 8.57. The average Bonchev–Trinajstić information content (AvgIpc) is 3.62. The lowest BCUT2D eigenvalue weighted by atomic mass is 10.1. The van der Waals surface area contributed by atoms with Crippen LogP contribution in [0.4, 0.5) is 5.82 Å². The van der Waals surface area contributed by atoms with Crippen molar-refractivity contribution in [3.05, 3.63) is 81.2 Å². The molecular formula is C27H26N6O3. The van der Waals surface area contributed by atoms with Gasteiger partial charge in [-0.15, -0.1) is 0 Å². The van der Waals surface area contributed by atoms with Gasteiger partial charge in [-0.2, -0.15) is 5.10 Å². The Balaban J connectivity index is 1.36. The fraction of sp³-hybridized carbons (Fsp3) is 0.296. The zero-order chi connectivity index (χ0) is 25.2. The highest BCUT2D eigenvalue weighted by atomic mass is 16.5. The van der Waals surface area contributed by atoms with Crippen molar-refractivity contribution in [3.63, 3.8) is 0 Å². The molecule has 0 saturated carbocycles. The minimum absolute atomic E-state index is 0.0389. The smallest absolute Gasteiger partial charge is 0.338 e. The standard InChI is InChI=1S/C27H26N6O3/c1-4-11-33-25(34)22-15-23(30-24(22)32-13-10-28-27(32)33)21-16-29-31(17-21)12-6-7-19-14-20(9-8-18(19)3)26(35)36-5-2/h8-10,13-14,16-17H,4-5,11-12,15H2,1-3H3. The fourth-order valence-corrected chi connectivity index (χ4v) is 4.27. The van der Waals surface area contributed by atoms with Crippen molar-refractivity contribution in [2.24, 2.45) is 4.99 Å². The molecule has 182 valence electrons. The normalized spacial score (nSPS) is 12.2. The maximum atomic E-state index is 13.1. The SMILES string of the molecule is CCCn1c(=O)c2c(n3ccnc13)N=C(c1cnn(CC#Cc3cc(C(=O)OCC)ccc3C)c1)C2. The second kappa shape index (κ2) is 9.66. The first-order valence-electron chi connectivity index (χ1n) is 12.0. The van der Waals surface area contributed by atoms with Crippen molar-refractivity contribution in [2.45, 2.75) is 46.7 Å². The van der Waals surface area contributed by atoms with Gasteiger partial charge >= 0.3 is 5.97 Å². The number of carbonyl (C=O) groups is 1. The summed E-state index contributed by atoms with van der Waals surface area (Å²) in [4.78, 5) is 34.3. The summed E-state index contributed by atoms with van der Waals surface area (Å²) < 4.78 is 10.4. The van der Waals surface area contributed by atoms with Crippen LogP contribution in [0.3, 0.4) is 0 Å². The Morgan fingerprint density at radius 1 is 1.25 bits per heavy atom. The molecule has 9 heteroatoms. The highest BCUT2D eigenvalue weighted by Crippen LogP contribution is 2.27. The van der Waals surface area contributed by atoms with E-state index in [1.54, 1.807) is 40.7 Å². The molecule has 5 rings (SSSR count). The zero-order valence-corrected chi connectivity index (χ0v) is 20.5. The number of carbonyl (C=O) groups excluding carboxylic acids is 1. The number of aromatic nitrogens is 5. The third-order valence-corrected chi connectivity index (χ3v) is 6.08. The predicted octanol–water partition coefficient (Wildman–Crippen LogP) is 3.32. The van der Waals surface area contributed by atoms with Gasteiger partial charge in [0.05, 0.1) is 29.6 Å². The maximum Gasteiger partial charge on any atom is 0.338 e. The first-order valence-corrected chi connectivity index (χ1v) is 12.0. The summed E-state index contributed by atoms with van der Waals surface area (Å²) in [5.41, 5.74) is 4.52. The van der Waals surface area contributed by atoms with Gasteiger partial charge in [0, 0.05) is 42.7 Å². The molecule has 36 heavy (non-hydrogen) atoms. The molecule has 0 fully saturated rings. The lowest BCUT2D eigenvalue weighted by Crippen LogP contribution is -2.26. The van der Waals surface area contributed by atoms with Crippen molar-refractivity contribution in [2.75, 3.05) is 6.61 Å². The fourth-order valence-electron chi connectivity index (χ4n) is 4.27. The third kappa shape index (κ3) is 4.22. The van der Waals surface area contributed by atoms with E-state index in [1.165, 1.54) is 0 Å². The van der Waals surface area contributed by atoms with Crippen molar-refractivity contribution < 1.29 is 9.53 Å². The van der Waals surface area contributed by atoms with Crippen LogP contribution >= 0.6 is 0 Å². The average molecular weight is 483 g/mol. The van der Waals surface area contributed by atoms with Crippen LogP contribution in [0.1, 0.15) is 52.9 Å². The first kappa shape index (κ1) is 23.3. The number of hydrogen-bond donors (Lipinski definition) is 0. The molecular weight excluding hydrogens is 456 g/mol. The monoisotopic (exact) mass is 482 g/mol. The molecule has 4 aromatic rings. The Morgan fingerprint density at radius 3 is 2.92 bits per heavy atom. The number of esters is 1. The van der Waals surface area contributed by atoms with Gasteiger partial charge in [-0.1, -0.05) is 24.8 Å². The highest BCUT2D eigenvalue weighted by Gasteiger charge is 2.25. The summed E-state index contributed by atoms with van der Waals surface area (Å²) in [7, 11) is 0. The molecule has 0 radical (unpaired) electrons. The second-order valence-electron chi connectivity index (χ2n) is 8.57. The first-order chi connectivity index (χ1) is 17.5. The molecule has 1 aliphatic heterocycles. The molecule has 1 aromatic carbocycles. The van der Waals surface area contributed by atoms with E-state index >= 15 is 0 Å². The van der Waals surface area contributed by atoms with E-state index in [2.05, 4.69) is 21.9 Å². The summed E-state index contributed by atoms with van der Waals surface area (Å²) in [6.45, 7) is 7.08. The van der Waals surface area contributed by atoms with Crippen LogP contribution in [0.5, 0.6) is 0 Å². The predicted molar refractivity (Wildman–Crippen MR) is 136 cm³/mol. The molecule has 0 bridgehead atoms. The number of aliphatic imine (C=N–C) groups is 1. The van der Waals surface area contributed by atoms with Crippen LogP contribution in [-0.4, -0.2) is 42.0 Å². The van der Waals surface area contributed by atoms with Crippen LogP contribution < -0.4 is 5.56 Å². The number of benzene rings is 1. The quantitative estimate of drug-likeness (QED) is 0.310. The van der Waals surface area contributed by atoms with Gasteiger partial charge in [-0.25, -0.2) is 14.8 Å². The Bertz CT molecular complexity index is 1630. The van der Waals surface area contributed by atoms with Gasteiger partial charge in [0.2, 0.25) is 5.78 Å². The molecule has 3 aromatic heterocycles. The van der Waals surface area contributed by atoms with E-state index in [0.717, 1.165) is 28.8 Å². The largest absolute Gasteiger partial charge is 0.462 e. The number of rotatable bonds is 6. The Kier molecular flexibility index (Phi) is 6.25. The Hall–Kier alpha value is -4.45. The van der Waals surface area contributed by atoms with Gasteiger partial charge < -0.3 is 4.74 Å². The van der Waals surface area contributed by atoms with Crippen LogP contribution in [0, 0.1) is 18.8 Å².